The minimum absolute atomic E-state index is 0.605. The van der Waals surface area contributed by atoms with Crippen molar-refractivity contribution < 1.29 is 13.2 Å². The van der Waals surface area contributed by atoms with E-state index in [-0.39, 0.29) is 0 Å². The monoisotopic (exact) mass is 245 g/mol. The lowest BCUT2D eigenvalue weighted by molar-refractivity contribution is -0.137. The van der Waals surface area contributed by atoms with Crippen LogP contribution in [0.2, 0.25) is 0 Å². The van der Waals surface area contributed by atoms with E-state index in [9.17, 15) is 13.2 Å². The zero-order valence-corrected chi connectivity index (χ0v) is 9.16. The van der Waals surface area contributed by atoms with E-state index in [4.69, 9.17) is 0 Å². The van der Waals surface area contributed by atoms with Gasteiger partial charge in [0.1, 0.15) is 0 Å². The van der Waals surface area contributed by atoms with Crippen molar-refractivity contribution in [3.63, 3.8) is 0 Å². The van der Waals surface area contributed by atoms with Crippen molar-refractivity contribution in [2.75, 3.05) is 12.4 Å². The van der Waals surface area contributed by atoms with Crippen molar-refractivity contribution in [1.82, 2.24) is 5.32 Å². The van der Waals surface area contributed by atoms with Gasteiger partial charge in [0.25, 0.3) is 0 Å². The predicted octanol–water partition coefficient (Wildman–Crippen LogP) is 3.34. The summed E-state index contributed by atoms with van der Waals surface area (Å²) >= 11 is 1.67. The van der Waals surface area contributed by atoms with Crippen LogP contribution in [0, 0.1) is 0 Å². The van der Waals surface area contributed by atoms with Crippen LogP contribution >= 0.6 is 11.8 Å². The lowest BCUT2D eigenvalue weighted by Gasteiger charge is -2.06. The second-order valence-corrected chi connectivity index (χ2v) is 4.55. The third-order valence-corrected chi connectivity index (χ3v) is 3.21. The van der Waals surface area contributed by atoms with Crippen LogP contribution in [0.4, 0.5) is 13.2 Å². The molecule has 1 heterocycles. The maximum absolute atomic E-state index is 12.3. The minimum Gasteiger partial charge on any atom is -0.303 e. The molecule has 0 spiro atoms. The molecule has 1 aromatic carbocycles. The average Bonchev–Trinajstić information content (AvgIpc) is 2.70. The summed E-state index contributed by atoms with van der Waals surface area (Å²) in [5.41, 5.74) is 0.200. The predicted molar refractivity (Wildman–Crippen MR) is 59.9 cm³/mol. The van der Waals surface area contributed by atoms with E-state index in [1.165, 1.54) is 12.1 Å². The van der Waals surface area contributed by atoms with E-state index >= 15 is 0 Å². The summed E-state index contributed by atoms with van der Waals surface area (Å²) in [6, 6.07) is 5.21. The van der Waals surface area contributed by atoms with Crippen LogP contribution in [0.15, 0.2) is 29.2 Å². The number of thioether (sulfide) groups is 1. The number of rotatable bonds is 1. The van der Waals surface area contributed by atoms with Crippen LogP contribution in [0.3, 0.4) is 0 Å². The molecule has 1 aliphatic heterocycles. The van der Waals surface area contributed by atoms with E-state index in [0.29, 0.717) is 0 Å². The SMILES string of the molecule is FC(F)(F)c1ccc(C=C2CNCS2)cc1. The molecule has 1 N–H and O–H groups in total. The molecule has 0 unspecified atom stereocenters. The summed E-state index contributed by atoms with van der Waals surface area (Å²) in [5, 5.41) is 3.14. The van der Waals surface area contributed by atoms with Crippen molar-refractivity contribution >= 4 is 17.8 Å². The van der Waals surface area contributed by atoms with Crippen LogP contribution in [0.1, 0.15) is 11.1 Å². The highest BCUT2D eigenvalue weighted by Crippen LogP contribution is 2.30. The standard InChI is InChI=1S/C11H10F3NS/c12-11(13,14)9-3-1-8(2-4-9)5-10-6-15-7-16-10/h1-5,15H,6-7H2. The van der Waals surface area contributed by atoms with E-state index < -0.39 is 11.7 Å². The van der Waals surface area contributed by atoms with Gasteiger partial charge in [0.2, 0.25) is 0 Å². The highest BCUT2D eigenvalue weighted by Gasteiger charge is 2.29. The molecule has 0 saturated carbocycles. The smallest absolute Gasteiger partial charge is 0.303 e. The number of hydrogen-bond acceptors (Lipinski definition) is 2. The van der Waals surface area contributed by atoms with Crippen LogP contribution < -0.4 is 5.32 Å². The molecule has 5 heteroatoms. The molecule has 1 nitrogen and oxygen atoms in total. The number of alkyl halides is 3. The van der Waals surface area contributed by atoms with Gasteiger partial charge in [-0.2, -0.15) is 13.2 Å². The second-order valence-electron chi connectivity index (χ2n) is 3.45. The Labute approximate surface area is 95.7 Å². The van der Waals surface area contributed by atoms with Gasteiger partial charge >= 0.3 is 6.18 Å². The Morgan fingerprint density at radius 2 is 1.88 bits per heavy atom. The summed E-state index contributed by atoms with van der Waals surface area (Å²) in [6.07, 6.45) is -2.35. The quantitative estimate of drug-likeness (QED) is 0.814. The summed E-state index contributed by atoms with van der Waals surface area (Å²) < 4.78 is 36.9. The summed E-state index contributed by atoms with van der Waals surface area (Å²) in [7, 11) is 0. The van der Waals surface area contributed by atoms with E-state index in [0.717, 1.165) is 35.0 Å². The zero-order valence-electron chi connectivity index (χ0n) is 8.34. The average molecular weight is 245 g/mol. The fourth-order valence-corrected chi connectivity index (χ4v) is 2.23. The molecule has 16 heavy (non-hydrogen) atoms. The third-order valence-electron chi connectivity index (χ3n) is 2.22. The first-order valence-corrected chi connectivity index (χ1v) is 5.75. The largest absolute Gasteiger partial charge is 0.416 e. The maximum atomic E-state index is 12.3. The van der Waals surface area contributed by atoms with Crippen molar-refractivity contribution in [1.29, 1.82) is 0 Å². The van der Waals surface area contributed by atoms with Gasteiger partial charge in [0, 0.05) is 17.3 Å². The zero-order chi connectivity index (χ0) is 11.6. The fourth-order valence-electron chi connectivity index (χ4n) is 1.42. The van der Waals surface area contributed by atoms with E-state index in [2.05, 4.69) is 5.32 Å². The lowest BCUT2D eigenvalue weighted by atomic mass is 10.1. The first kappa shape index (κ1) is 11.5. The van der Waals surface area contributed by atoms with Gasteiger partial charge in [-0.15, -0.1) is 11.8 Å². The Morgan fingerprint density at radius 1 is 1.19 bits per heavy atom. The molecule has 0 bridgehead atoms. The molecule has 1 aliphatic rings. The van der Waals surface area contributed by atoms with Gasteiger partial charge < -0.3 is 5.32 Å². The molecule has 0 radical (unpaired) electrons. The number of nitrogens with one attached hydrogen (secondary N) is 1. The third kappa shape index (κ3) is 2.80. The van der Waals surface area contributed by atoms with Gasteiger partial charge in [0.05, 0.1) is 5.56 Å². The maximum Gasteiger partial charge on any atom is 0.416 e. The Morgan fingerprint density at radius 3 is 2.38 bits per heavy atom. The number of benzene rings is 1. The first-order chi connectivity index (χ1) is 7.55. The second kappa shape index (κ2) is 4.51. The Balaban J connectivity index is 2.16. The van der Waals surface area contributed by atoms with Crippen LogP contribution in [0.5, 0.6) is 0 Å². The van der Waals surface area contributed by atoms with Crippen molar-refractivity contribution in [2.24, 2.45) is 0 Å². The Bertz CT molecular complexity index is 387. The molecule has 0 amide bonds. The molecule has 1 aromatic rings. The van der Waals surface area contributed by atoms with Crippen LogP contribution in [-0.2, 0) is 6.18 Å². The Hall–Kier alpha value is -0.940. The van der Waals surface area contributed by atoms with Gasteiger partial charge in [-0.3, -0.25) is 0 Å². The van der Waals surface area contributed by atoms with Crippen LogP contribution in [0.25, 0.3) is 6.08 Å². The summed E-state index contributed by atoms with van der Waals surface area (Å²) in [4.78, 5) is 1.15. The highest BCUT2D eigenvalue weighted by atomic mass is 32.2. The molecule has 86 valence electrons. The van der Waals surface area contributed by atoms with Gasteiger partial charge in [-0.05, 0) is 23.8 Å². The Kier molecular flexibility index (Phi) is 3.25. The van der Waals surface area contributed by atoms with Crippen LogP contribution in [-0.4, -0.2) is 12.4 Å². The van der Waals surface area contributed by atoms with E-state index in [1.54, 1.807) is 11.8 Å². The topological polar surface area (TPSA) is 12.0 Å². The van der Waals surface area contributed by atoms with Gasteiger partial charge in [0.15, 0.2) is 0 Å². The number of hydrogen-bond donors (Lipinski definition) is 1. The molecule has 0 aliphatic carbocycles. The molecule has 2 rings (SSSR count). The molecule has 1 fully saturated rings. The van der Waals surface area contributed by atoms with Crippen molar-refractivity contribution in [2.45, 2.75) is 6.18 Å². The van der Waals surface area contributed by atoms with Gasteiger partial charge in [-0.25, -0.2) is 0 Å². The molecule has 0 aromatic heterocycles. The summed E-state index contributed by atoms with van der Waals surface area (Å²) in [6.45, 7) is 0.797. The fraction of sp³-hybridized carbons (Fsp3) is 0.273. The highest BCUT2D eigenvalue weighted by molar-refractivity contribution is 8.03. The van der Waals surface area contributed by atoms with E-state index in [1.807, 2.05) is 6.08 Å². The summed E-state index contributed by atoms with van der Waals surface area (Å²) in [5.74, 6) is 0.868. The minimum atomic E-state index is -4.25. The number of halogens is 3. The molecule has 0 atom stereocenters. The van der Waals surface area contributed by atoms with Crippen molar-refractivity contribution in [3.8, 4) is 0 Å². The molecule has 1 saturated heterocycles. The molecular formula is C11H10F3NS. The first-order valence-electron chi connectivity index (χ1n) is 4.77. The van der Waals surface area contributed by atoms with Crippen molar-refractivity contribution in [3.05, 3.63) is 40.3 Å². The normalized spacial score (nSPS) is 19.3. The lowest BCUT2D eigenvalue weighted by Crippen LogP contribution is -2.04. The van der Waals surface area contributed by atoms with Gasteiger partial charge in [-0.1, -0.05) is 12.1 Å². The molecular weight excluding hydrogens is 235 g/mol.